The van der Waals surface area contributed by atoms with Crippen LogP contribution in [0, 0.1) is 11.7 Å². The quantitative estimate of drug-likeness (QED) is 0.751. The Morgan fingerprint density at radius 3 is 2.78 bits per heavy atom. The van der Waals surface area contributed by atoms with Gasteiger partial charge in [0, 0.05) is 24.5 Å². The number of carbonyl (C=O) groups excluding carboxylic acids is 2. The van der Waals surface area contributed by atoms with Crippen LogP contribution in [-0.2, 0) is 9.59 Å². The van der Waals surface area contributed by atoms with Crippen LogP contribution in [0.4, 0.5) is 15.2 Å². The van der Waals surface area contributed by atoms with Crippen LogP contribution in [0.3, 0.4) is 0 Å². The molecule has 0 radical (unpaired) electrons. The second-order valence-corrected chi connectivity index (χ2v) is 6.96. The molecule has 0 spiro atoms. The van der Waals surface area contributed by atoms with Gasteiger partial charge in [-0.05, 0) is 24.3 Å². The number of pyridine rings is 1. The van der Waals surface area contributed by atoms with Crippen LogP contribution in [-0.4, -0.2) is 28.3 Å². The van der Waals surface area contributed by atoms with E-state index in [0.29, 0.717) is 10.8 Å². The molecular weight excluding hydrogens is 367 g/mol. The molecule has 2 amide bonds. The highest BCUT2D eigenvalue weighted by Gasteiger charge is 2.36. The smallest absolute Gasteiger partial charge is 0.231 e. The first kappa shape index (κ1) is 17.3. The van der Waals surface area contributed by atoms with Gasteiger partial charge in [0.25, 0.3) is 0 Å². The maximum atomic E-state index is 13.9. The summed E-state index contributed by atoms with van der Waals surface area (Å²) in [6.45, 7) is 0.143. The Labute approximate surface area is 158 Å². The van der Waals surface area contributed by atoms with Gasteiger partial charge in [-0.3, -0.25) is 14.6 Å². The van der Waals surface area contributed by atoms with Gasteiger partial charge in [0.15, 0.2) is 5.13 Å². The molecule has 0 bridgehead atoms. The summed E-state index contributed by atoms with van der Waals surface area (Å²) in [6, 6.07) is 11.6. The highest BCUT2D eigenvalue weighted by Crippen LogP contribution is 2.29. The van der Waals surface area contributed by atoms with Gasteiger partial charge in [0.1, 0.15) is 11.5 Å². The maximum absolute atomic E-state index is 13.9. The number of aromatic nitrogens is 2. The van der Waals surface area contributed by atoms with Crippen molar-refractivity contribution >= 4 is 34.0 Å². The summed E-state index contributed by atoms with van der Waals surface area (Å²) < 4.78 is 13.9. The molecule has 1 fully saturated rings. The van der Waals surface area contributed by atoms with Gasteiger partial charge < -0.3 is 10.2 Å². The summed E-state index contributed by atoms with van der Waals surface area (Å²) >= 11 is 1.29. The molecule has 1 aromatic carbocycles. The third kappa shape index (κ3) is 3.56. The zero-order chi connectivity index (χ0) is 18.8. The van der Waals surface area contributed by atoms with Crippen LogP contribution < -0.4 is 10.2 Å². The number of para-hydroxylation sites is 1. The molecule has 3 aromatic rings. The van der Waals surface area contributed by atoms with Gasteiger partial charge in [-0.15, -0.1) is 11.3 Å². The van der Waals surface area contributed by atoms with Crippen molar-refractivity contribution in [1.82, 2.24) is 9.97 Å². The lowest BCUT2D eigenvalue weighted by Crippen LogP contribution is -2.28. The number of thiazole rings is 1. The number of rotatable bonds is 4. The lowest BCUT2D eigenvalue weighted by Gasteiger charge is -2.17. The molecule has 3 heterocycles. The number of amides is 2. The molecule has 1 aliphatic rings. The molecule has 6 nitrogen and oxygen atoms in total. The van der Waals surface area contributed by atoms with E-state index in [4.69, 9.17) is 0 Å². The molecule has 1 N–H and O–H groups in total. The van der Waals surface area contributed by atoms with Crippen molar-refractivity contribution in [3.63, 3.8) is 0 Å². The summed E-state index contributed by atoms with van der Waals surface area (Å²) in [5.41, 5.74) is 1.59. The van der Waals surface area contributed by atoms with Gasteiger partial charge >= 0.3 is 0 Å². The van der Waals surface area contributed by atoms with Gasteiger partial charge in [-0.25, -0.2) is 9.37 Å². The second kappa shape index (κ2) is 7.24. The molecule has 1 saturated heterocycles. The van der Waals surface area contributed by atoms with E-state index in [2.05, 4.69) is 15.3 Å². The average Bonchev–Trinajstić information content (AvgIpc) is 3.30. The number of nitrogens with one attached hydrogen (secondary N) is 1. The van der Waals surface area contributed by atoms with E-state index < -0.39 is 11.7 Å². The van der Waals surface area contributed by atoms with Gasteiger partial charge in [-0.2, -0.15) is 0 Å². The van der Waals surface area contributed by atoms with Crippen molar-refractivity contribution in [2.75, 3.05) is 16.8 Å². The summed E-state index contributed by atoms with van der Waals surface area (Å²) in [6.07, 6.45) is 1.72. The topological polar surface area (TPSA) is 75.2 Å². The van der Waals surface area contributed by atoms with E-state index in [1.54, 1.807) is 18.3 Å². The molecule has 27 heavy (non-hydrogen) atoms. The van der Waals surface area contributed by atoms with E-state index in [1.165, 1.54) is 28.4 Å². The number of hydrogen-bond donors (Lipinski definition) is 1. The lowest BCUT2D eigenvalue weighted by molar-refractivity contribution is -0.122. The number of anilines is 2. The summed E-state index contributed by atoms with van der Waals surface area (Å²) in [5.74, 6) is -1.61. The first-order valence-electron chi connectivity index (χ1n) is 8.34. The minimum absolute atomic E-state index is 0.0403. The molecule has 2 aromatic heterocycles. The van der Waals surface area contributed by atoms with E-state index in [1.807, 2.05) is 23.6 Å². The van der Waals surface area contributed by atoms with Gasteiger partial charge in [-0.1, -0.05) is 18.2 Å². The molecule has 1 unspecified atom stereocenters. The van der Waals surface area contributed by atoms with Crippen LogP contribution in [0.25, 0.3) is 11.4 Å². The number of nitrogens with zero attached hydrogens (tertiary/aromatic N) is 3. The number of hydrogen-bond acceptors (Lipinski definition) is 5. The standard InChI is InChI=1S/C19H15FN4O2S/c20-13-5-1-2-7-16(13)24-10-12(9-17(24)25)18(26)23-19-22-15(11-27-19)14-6-3-4-8-21-14/h1-8,11-12H,9-10H2,(H,22,23,26). The average molecular weight is 382 g/mol. The Bertz CT molecular complexity index is 992. The summed E-state index contributed by atoms with van der Waals surface area (Å²) in [7, 11) is 0. The van der Waals surface area contributed by atoms with E-state index in [0.717, 1.165) is 5.69 Å². The number of carbonyl (C=O) groups is 2. The van der Waals surface area contributed by atoms with Crippen molar-refractivity contribution in [1.29, 1.82) is 0 Å². The number of benzene rings is 1. The van der Waals surface area contributed by atoms with E-state index in [9.17, 15) is 14.0 Å². The zero-order valence-corrected chi connectivity index (χ0v) is 14.9. The molecular formula is C19H15FN4O2S. The lowest BCUT2D eigenvalue weighted by atomic mass is 10.1. The third-order valence-electron chi connectivity index (χ3n) is 4.30. The highest BCUT2D eigenvalue weighted by molar-refractivity contribution is 7.14. The fourth-order valence-electron chi connectivity index (χ4n) is 2.96. The van der Waals surface area contributed by atoms with Crippen molar-refractivity contribution < 1.29 is 14.0 Å². The molecule has 4 rings (SSSR count). The Morgan fingerprint density at radius 2 is 2.00 bits per heavy atom. The minimum Gasteiger partial charge on any atom is -0.309 e. The first-order chi connectivity index (χ1) is 13.1. The monoisotopic (exact) mass is 382 g/mol. The molecule has 0 aliphatic carbocycles. The van der Waals surface area contributed by atoms with Crippen molar-refractivity contribution in [3.05, 3.63) is 59.9 Å². The predicted molar refractivity (Wildman–Crippen MR) is 101 cm³/mol. The molecule has 1 aliphatic heterocycles. The van der Waals surface area contributed by atoms with Gasteiger partial charge in [0.2, 0.25) is 11.8 Å². The summed E-state index contributed by atoms with van der Waals surface area (Å²) in [4.78, 5) is 34.7. The van der Waals surface area contributed by atoms with Crippen molar-refractivity contribution in [2.45, 2.75) is 6.42 Å². The molecule has 136 valence electrons. The Hall–Kier alpha value is -3.13. The van der Waals surface area contributed by atoms with Crippen LogP contribution in [0.15, 0.2) is 54.0 Å². The van der Waals surface area contributed by atoms with Crippen LogP contribution in [0.2, 0.25) is 0 Å². The van der Waals surface area contributed by atoms with Crippen LogP contribution >= 0.6 is 11.3 Å². The molecule has 1 atom stereocenters. The Balaban J connectivity index is 1.45. The zero-order valence-electron chi connectivity index (χ0n) is 14.1. The van der Waals surface area contributed by atoms with E-state index >= 15 is 0 Å². The fourth-order valence-corrected chi connectivity index (χ4v) is 3.66. The number of halogens is 1. The Morgan fingerprint density at radius 1 is 1.19 bits per heavy atom. The largest absolute Gasteiger partial charge is 0.309 e. The van der Waals surface area contributed by atoms with Gasteiger partial charge in [0.05, 0.1) is 17.3 Å². The first-order valence-corrected chi connectivity index (χ1v) is 9.22. The second-order valence-electron chi connectivity index (χ2n) is 6.10. The minimum atomic E-state index is -0.556. The molecule has 8 heteroatoms. The molecule has 0 saturated carbocycles. The van der Waals surface area contributed by atoms with Crippen LogP contribution in [0.5, 0.6) is 0 Å². The van der Waals surface area contributed by atoms with E-state index in [-0.39, 0.29) is 30.5 Å². The summed E-state index contributed by atoms with van der Waals surface area (Å²) in [5, 5.41) is 5.00. The predicted octanol–water partition coefficient (Wildman–Crippen LogP) is 3.34. The SMILES string of the molecule is O=C(Nc1nc(-c2ccccn2)cs1)C1CC(=O)N(c2ccccc2F)C1. The van der Waals surface area contributed by atoms with Crippen molar-refractivity contribution in [2.24, 2.45) is 5.92 Å². The normalized spacial score (nSPS) is 16.6. The Kier molecular flexibility index (Phi) is 4.64. The third-order valence-corrected chi connectivity index (χ3v) is 5.06. The van der Waals surface area contributed by atoms with Crippen molar-refractivity contribution in [3.8, 4) is 11.4 Å². The van der Waals surface area contributed by atoms with Crippen LogP contribution in [0.1, 0.15) is 6.42 Å². The maximum Gasteiger partial charge on any atom is 0.231 e. The fraction of sp³-hybridized carbons (Fsp3) is 0.158. The highest BCUT2D eigenvalue weighted by atomic mass is 32.1.